The molecule has 5 N–H and O–H groups in total. The average molecular weight is 476 g/mol. The molecule has 0 amide bonds. The Morgan fingerprint density at radius 2 is 1.84 bits per heavy atom. The molecule has 4 unspecified atom stereocenters. The minimum absolute atomic E-state index is 0.131. The molecule has 1 fully saturated rings. The van der Waals surface area contributed by atoms with Gasteiger partial charge in [-0.15, -0.1) is 11.6 Å². The SMILES string of the molecule is Cc1cc(NC(O)COC2=CC3C(Cl)[C@H]3C=C2)ccc1NC(N)COc1ccc(Cl)cc1. The van der Waals surface area contributed by atoms with Crippen LogP contribution in [0.2, 0.25) is 5.02 Å². The normalized spacial score (nSPS) is 22.9. The Morgan fingerprint density at radius 3 is 2.56 bits per heavy atom. The van der Waals surface area contributed by atoms with Gasteiger partial charge in [0, 0.05) is 33.6 Å². The third kappa shape index (κ3) is 5.90. The lowest BCUT2D eigenvalue weighted by Gasteiger charge is -2.20. The van der Waals surface area contributed by atoms with Gasteiger partial charge >= 0.3 is 0 Å². The van der Waals surface area contributed by atoms with E-state index in [4.69, 9.17) is 38.4 Å². The summed E-state index contributed by atoms with van der Waals surface area (Å²) in [7, 11) is 0. The number of fused-ring (bicyclic) bond motifs is 1. The predicted octanol–water partition coefficient (Wildman–Crippen LogP) is 4.48. The third-order valence-corrected chi connectivity index (χ3v) is 6.26. The summed E-state index contributed by atoms with van der Waals surface area (Å²) < 4.78 is 11.4. The molecule has 1 saturated carbocycles. The Kier molecular flexibility index (Phi) is 7.16. The van der Waals surface area contributed by atoms with Crippen LogP contribution < -0.4 is 21.1 Å². The van der Waals surface area contributed by atoms with Gasteiger partial charge in [0.2, 0.25) is 0 Å². The number of benzene rings is 2. The second-order valence-corrected chi connectivity index (χ2v) is 8.98. The predicted molar refractivity (Wildman–Crippen MR) is 129 cm³/mol. The Hall–Kier alpha value is -2.38. The van der Waals surface area contributed by atoms with Crippen LogP contribution in [-0.2, 0) is 4.74 Å². The molecule has 2 aromatic carbocycles. The molecule has 0 aromatic heterocycles. The highest BCUT2D eigenvalue weighted by atomic mass is 35.5. The van der Waals surface area contributed by atoms with Crippen LogP contribution in [0.1, 0.15) is 5.56 Å². The number of hydrogen-bond donors (Lipinski definition) is 4. The summed E-state index contributed by atoms with van der Waals surface area (Å²) in [5.74, 6) is 2.24. The van der Waals surface area contributed by atoms with Crippen LogP contribution in [0.25, 0.3) is 0 Å². The molecule has 0 bridgehead atoms. The minimum atomic E-state index is -0.846. The molecule has 0 radical (unpaired) electrons. The maximum absolute atomic E-state index is 10.3. The van der Waals surface area contributed by atoms with E-state index < -0.39 is 12.4 Å². The van der Waals surface area contributed by atoms with Crippen molar-refractivity contribution in [3.8, 4) is 5.75 Å². The molecule has 2 aliphatic rings. The number of aliphatic hydroxyl groups is 1. The Bertz CT molecular complexity index is 996. The molecule has 2 aliphatic carbocycles. The molecule has 0 saturated heterocycles. The zero-order valence-electron chi connectivity index (χ0n) is 17.7. The van der Waals surface area contributed by atoms with Crippen molar-refractivity contribution in [1.82, 2.24) is 0 Å². The smallest absolute Gasteiger partial charge is 0.159 e. The van der Waals surface area contributed by atoms with Crippen molar-refractivity contribution >= 4 is 34.6 Å². The van der Waals surface area contributed by atoms with E-state index in [0.29, 0.717) is 29.2 Å². The topological polar surface area (TPSA) is 88.8 Å². The van der Waals surface area contributed by atoms with Crippen LogP contribution in [0, 0.1) is 18.8 Å². The maximum atomic E-state index is 10.3. The number of anilines is 2. The van der Waals surface area contributed by atoms with Gasteiger partial charge in [0.1, 0.15) is 30.9 Å². The van der Waals surface area contributed by atoms with Crippen molar-refractivity contribution in [1.29, 1.82) is 0 Å². The molecular formula is C24H27Cl2N3O3. The number of hydrogen-bond acceptors (Lipinski definition) is 6. The number of allylic oxidation sites excluding steroid dienone is 3. The highest BCUT2D eigenvalue weighted by Gasteiger charge is 2.47. The fourth-order valence-electron chi connectivity index (χ4n) is 3.59. The molecular weight excluding hydrogens is 449 g/mol. The van der Waals surface area contributed by atoms with E-state index in [-0.39, 0.29) is 12.0 Å². The van der Waals surface area contributed by atoms with E-state index in [1.165, 1.54) is 0 Å². The van der Waals surface area contributed by atoms with Crippen molar-refractivity contribution in [2.75, 3.05) is 23.8 Å². The number of ether oxygens (including phenoxy) is 2. The molecule has 8 heteroatoms. The summed E-state index contributed by atoms with van der Waals surface area (Å²) in [6.45, 7) is 2.40. The molecule has 0 aliphatic heterocycles. The fourth-order valence-corrected chi connectivity index (χ4v) is 4.12. The average Bonchev–Trinajstić information content (AvgIpc) is 3.42. The van der Waals surface area contributed by atoms with E-state index in [1.54, 1.807) is 24.3 Å². The van der Waals surface area contributed by atoms with Crippen LogP contribution in [0.4, 0.5) is 11.4 Å². The second-order valence-electron chi connectivity index (χ2n) is 8.04. The first-order valence-corrected chi connectivity index (χ1v) is 11.3. The van der Waals surface area contributed by atoms with E-state index in [9.17, 15) is 5.11 Å². The molecule has 0 heterocycles. The van der Waals surface area contributed by atoms with Gasteiger partial charge in [-0.25, -0.2) is 0 Å². The zero-order valence-corrected chi connectivity index (χ0v) is 19.2. The van der Waals surface area contributed by atoms with Crippen molar-refractivity contribution in [3.63, 3.8) is 0 Å². The van der Waals surface area contributed by atoms with Crippen LogP contribution in [-0.4, -0.2) is 36.1 Å². The van der Waals surface area contributed by atoms with Crippen LogP contribution in [0.5, 0.6) is 5.75 Å². The standard InChI is InChI=1S/C24H27Cl2N3O3/c1-14-10-16(28-23(30)13-32-18-7-8-19-20(11-18)24(19)26)4-9-21(14)29-22(27)12-31-17-5-2-15(25)3-6-17/h2-11,19-20,22-24,28-30H,12-13,27H2,1H3/t19-,20?,22?,23?,24?/m0/s1. The van der Waals surface area contributed by atoms with Crippen LogP contribution in [0.3, 0.4) is 0 Å². The number of nitrogens with one attached hydrogen (secondary N) is 2. The summed E-state index contributed by atoms with van der Waals surface area (Å²) >= 11 is 12.0. The summed E-state index contributed by atoms with van der Waals surface area (Å²) in [5.41, 5.74) is 8.80. The first kappa shape index (κ1) is 22.8. The van der Waals surface area contributed by atoms with E-state index >= 15 is 0 Å². The number of alkyl halides is 1. The Balaban J connectivity index is 1.23. The van der Waals surface area contributed by atoms with Crippen molar-refractivity contribution < 1.29 is 14.6 Å². The highest BCUT2D eigenvalue weighted by molar-refractivity contribution is 6.30. The van der Waals surface area contributed by atoms with Crippen LogP contribution >= 0.6 is 23.2 Å². The van der Waals surface area contributed by atoms with Gasteiger partial charge in [-0.3, -0.25) is 0 Å². The van der Waals surface area contributed by atoms with Crippen molar-refractivity contribution in [2.24, 2.45) is 17.6 Å². The monoisotopic (exact) mass is 475 g/mol. The number of nitrogens with two attached hydrogens (primary N) is 1. The lowest BCUT2D eigenvalue weighted by molar-refractivity contribution is 0.0933. The third-order valence-electron chi connectivity index (χ3n) is 5.43. The Morgan fingerprint density at radius 1 is 1.06 bits per heavy atom. The first-order chi connectivity index (χ1) is 15.4. The molecule has 2 aromatic rings. The van der Waals surface area contributed by atoms with Gasteiger partial charge in [-0.2, -0.15) is 0 Å². The number of halogens is 2. The molecule has 5 atom stereocenters. The lowest BCUT2D eigenvalue weighted by Crippen LogP contribution is -2.36. The maximum Gasteiger partial charge on any atom is 0.159 e. The van der Waals surface area contributed by atoms with E-state index in [0.717, 1.165) is 22.7 Å². The number of aryl methyl sites for hydroxylation is 1. The van der Waals surface area contributed by atoms with Crippen molar-refractivity contribution in [2.45, 2.75) is 24.7 Å². The number of rotatable bonds is 10. The second kappa shape index (κ2) is 10.0. The largest absolute Gasteiger partial charge is 0.490 e. The molecule has 32 heavy (non-hydrogen) atoms. The van der Waals surface area contributed by atoms with E-state index in [1.807, 2.05) is 37.3 Å². The van der Waals surface area contributed by atoms with Gasteiger partial charge < -0.3 is 30.9 Å². The first-order valence-electron chi connectivity index (χ1n) is 10.5. The van der Waals surface area contributed by atoms with Crippen LogP contribution in [0.15, 0.2) is 66.5 Å². The highest BCUT2D eigenvalue weighted by Crippen LogP contribution is 2.48. The summed E-state index contributed by atoms with van der Waals surface area (Å²) in [4.78, 5) is 0. The Labute approximate surface area is 198 Å². The van der Waals surface area contributed by atoms with Gasteiger partial charge in [-0.05, 0) is 67.1 Å². The van der Waals surface area contributed by atoms with E-state index in [2.05, 4.69) is 16.7 Å². The van der Waals surface area contributed by atoms with Crippen molar-refractivity contribution in [3.05, 3.63) is 77.0 Å². The summed E-state index contributed by atoms with van der Waals surface area (Å²) in [6.07, 6.45) is 4.77. The lowest BCUT2D eigenvalue weighted by atomic mass is 10.1. The quantitative estimate of drug-likeness (QED) is 0.299. The van der Waals surface area contributed by atoms with Gasteiger partial charge in [0.25, 0.3) is 0 Å². The fraction of sp³-hybridized carbons (Fsp3) is 0.333. The molecule has 170 valence electrons. The summed E-state index contributed by atoms with van der Waals surface area (Å²) in [6, 6.07) is 12.9. The van der Waals surface area contributed by atoms with Gasteiger partial charge in [-0.1, -0.05) is 17.7 Å². The molecule has 4 rings (SSSR count). The van der Waals surface area contributed by atoms with Gasteiger partial charge in [0.15, 0.2) is 6.23 Å². The molecule has 6 nitrogen and oxygen atoms in total. The summed E-state index contributed by atoms with van der Waals surface area (Å²) in [5, 5.41) is 17.4. The number of aliphatic hydroxyl groups excluding tert-OH is 1. The minimum Gasteiger partial charge on any atom is -0.490 e. The van der Waals surface area contributed by atoms with Gasteiger partial charge in [0.05, 0.1) is 0 Å². The zero-order chi connectivity index (χ0) is 22.7. The molecule has 0 spiro atoms.